The Morgan fingerprint density at radius 2 is 1.62 bits per heavy atom. The summed E-state index contributed by atoms with van der Waals surface area (Å²) >= 11 is 0. The van der Waals surface area contributed by atoms with Gasteiger partial charge in [-0.15, -0.1) is 0 Å². The van der Waals surface area contributed by atoms with E-state index in [1.807, 2.05) is 31.2 Å². The van der Waals surface area contributed by atoms with E-state index in [0.29, 0.717) is 12.8 Å². The lowest BCUT2D eigenvalue weighted by molar-refractivity contribution is -0.148. The predicted octanol–water partition coefficient (Wildman–Crippen LogP) is 4.70. The van der Waals surface area contributed by atoms with Gasteiger partial charge in [-0.2, -0.15) is 0 Å². The van der Waals surface area contributed by atoms with Gasteiger partial charge in [-0.05, 0) is 42.0 Å². The number of amides is 2. The molecule has 0 aromatic heterocycles. The van der Waals surface area contributed by atoms with E-state index in [0.717, 1.165) is 28.7 Å². The van der Waals surface area contributed by atoms with Gasteiger partial charge in [-0.3, -0.25) is 9.59 Å². The molecule has 3 N–H and O–H groups in total. The number of hydrogen-bond donors (Lipinski definition) is 3. The second-order valence-electron chi connectivity index (χ2n) is 9.16. The molecule has 0 aliphatic heterocycles. The lowest BCUT2D eigenvalue weighted by atomic mass is 9.87. The van der Waals surface area contributed by atoms with Crippen LogP contribution in [0, 0.1) is 5.41 Å². The van der Waals surface area contributed by atoms with Gasteiger partial charge >= 0.3 is 12.1 Å². The fourth-order valence-electron chi connectivity index (χ4n) is 4.32. The molecule has 0 bridgehead atoms. The molecule has 0 heterocycles. The molecule has 1 aliphatic carbocycles. The summed E-state index contributed by atoms with van der Waals surface area (Å²) in [6.07, 6.45) is 1.30. The number of benzene rings is 2. The molecule has 0 fully saturated rings. The van der Waals surface area contributed by atoms with E-state index < -0.39 is 23.5 Å². The van der Waals surface area contributed by atoms with Crippen molar-refractivity contribution < 1.29 is 24.2 Å². The molecule has 0 saturated heterocycles. The van der Waals surface area contributed by atoms with Crippen LogP contribution in [0.4, 0.5) is 4.79 Å². The van der Waals surface area contributed by atoms with Crippen LogP contribution in [-0.4, -0.2) is 42.3 Å². The number of nitrogens with one attached hydrogen (secondary N) is 2. The van der Waals surface area contributed by atoms with Crippen molar-refractivity contribution in [1.82, 2.24) is 10.6 Å². The zero-order valence-corrected chi connectivity index (χ0v) is 20.1. The van der Waals surface area contributed by atoms with E-state index in [9.17, 15) is 19.5 Å². The van der Waals surface area contributed by atoms with Crippen LogP contribution < -0.4 is 10.6 Å². The summed E-state index contributed by atoms with van der Waals surface area (Å²) in [6, 6.07) is 15.9. The van der Waals surface area contributed by atoms with Gasteiger partial charge in [-0.1, -0.05) is 68.8 Å². The highest BCUT2D eigenvalue weighted by Crippen LogP contribution is 2.44. The molecule has 7 nitrogen and oxygen atoms in total. The molecule has 34 heavy (non-hydrogen) atoms. The van der Waals surface area contributed by atoms with E-state index in [1.165, 1.54) is 0 Å². The maximum absolute atomic E-state index is 12.6. The molecular weight excluding hydrogens is 432 g/mol. The van der Waals surface area contributed by atoms with Gasteiger partial charge in [-0.25, -0.2) is 4.79 Å². The minimum Gasteiger partial charge on any atom is -0.481 e. The van der Waals surface area contributed by atoms with Crippen LogP contribution in [0.15, 0.2) is 48.5 Å². The molecule has 182 valence electrons. The van der Waals surface area contributed by atoms with Crippen LogP contribution in [0.2, 0.25) is 0 Å². The Morgan fingerprint density at radius 1 is 1.03 bits per heavy atom. The number of carboxylic acid groups (broad SMARTS) is 1. The SMILES string of the molecule is CCC[C@@H](CC(=O)NCC(C)(CC)C(=O)O)NC(=O)OCC1c2ccccc2-c2ccccc21. The number of hydrogen-bond acceptors (Lipinski definition) is 4. The zero-order chi connectivity index (χ0) is 24.7. The van der Waals surface area contributed by atoms with Gasteiger partial charge < -0.3 is 20.5 Å². The molecule has 0 radical (unpaired) electrons. The number of aliphatic carboxylic acids is 1. The second kappa shape index (κ2) is 11.2. The quantitative estimate of drug-likeness (QED) is 0.445. The van der Waals surface area contributed by atoms with Crippen LogP contribution in [0.5, 0.6) is 0 Å². The number of alkyl carbamates (subject to hydrolysis) is 1. The van der Waals surface area contributed by atoms with E-state index in [-0.39, 0.29) is 31.4 Å². The largest absolute Gasteiger partial charge is 0.481 e. The number of carboxylic acids is 1. The maximum atomic E-state index is 12.6. The smallest absolute Gasteiger partial charge is 0.407 e. The van der Waals surface area contributed by atoms with Crippen molar-refractivity contribution in [1.29, 1.82) is 0 Å². The molecule has 1 unspecified atom stereocenters. The molecule has 2 atom stereocenters. The van der Waals surface area contributed by atoms with Crippen LogP contribution >= 0.6 is 0 Å². The summed E-state index contributed by atoms with van der Waals surface area (Å²) in [4.78, 5) is 36.5. The Kier molecular flexibility index (Phi) is 8.31. The first kappa shape index (κ1) is 25.3. The molecule has 3 rings (SSSR count). The molecule has 1 aliphatic rings. The first-order valence-corrected chi connectivity index (χ1v) is 11.9. The number of carbonyl (C=O) groups is 3. The van der Waals surface area contributed by atoms with E-state index >= 15 is 0 Å². The van der Waals surface area contributed by atoms with Crippen molar-refractivity contribution in [2.45, 2.75) is 58.4 Å². The number of carbonyl (C=O) groups excluding carboxylic acids is 2. The molecule has 7 heteroatoms. The lowest BCUT2D eigenvalue weighted by Crippen LogP contribution is -2.44. The van der Waals surface area contributed by atoms with Gasteiger partial charge in [0.1, 0.15) is 6.61 Å². The van der Waals surface area contributed by atoms with Crippen molar-refractivity contribution in [2.24, 2.45) is 5.41 Å². The topological polar surface area (TPSA) is 105 Å². The van der Waals surface area contributed by atoms with Crippen molar-refractivity contribution in [3.63, 3.8) is 0 Å². The van der Waals surface area contributed by atoms with Gasteiger partial charge in [0.15, 0.2) is 0 Å². The minimum atomic E-state index is -1.02. The van der Waals surface area contributed by atoms with Gasteiger partial charge in [0, 0.05) is 24.9 Å². The normalized spacial score (nSPS) is 14.9. The Morgan fingerprint density at radius 3 is 2.15 bits per heavy atom. The third-order valence-electron chi connectivity index (χ3n) is 6.71. The first-order chi connectivity index (χ1) is 16.3. The fraction of sp³-hybridized carbons (Fsp3) is 0.444. The number of fused-ring (bicyclic) bond motifs is 3. The minimum absolute atomic E-state index is 0.0335. The van der Waals surface area contributed by atoms with Crippen LogP contribution in [0.1, 0.15) is 63.5 Å². The third kappa shape index (κ3) is 5.76. The maximum Gasteiger partial charge on any atom is 0.407 e. The Balaban J connectivity index is 1.56. The van der Waals surface area contributed by atoms with E-state index in [2.05, 4.69) is 34.9 Å². The summed E-state index contributed by atoms with van der Waals surface area (Å²) in [5, 5.41) is 14.9. The predicted molar refractivity (Wildman–Crippen MR) is 131 cm³/mol. The fourth-order valence-corrected chi connectivity index (χ4v) is 4.32. The summed E-state index contributed by atoms with van der Waals surface area (Å²) in [5.41, 5.74) is 3.58. The number of rotatable bonds is 11. The highest BCUT2D eigenvalue weighted by Gasteiger charge is 2.32. The average Bonchev–Trinajstić information content (AvgIpc) is 3.15. The van der Waals surface area contributed by atoms with Crippen LogP contribution in [-0.2, 0) is 14.3 Å². The summed E-state index contributed by atoms with van der Waals surface area (Å²) in [6.45, 7) is 5.61. The molecule has 2 amide bonds. The van der Waals surface area contributed by atoms with Crippen molar-refractivity contribution in [3.8, 4) is 11.1 Å². The number of ether oxygens (including phenoxy) is 1. The third-order valence-corrected chi connectivity index (χ3v) is 6.71. The molecular formula is C27H34N2O5. The Bertz CT molecular complexity index is 992. The summed E-state index contributed by atoms with van der Waals surface area (Å²) < 4.78 is 5.60. The summed E-state index contributed by atoms with van der Waals surface area (Å²) in [5.74, 6) is -1.27. The molecule has 0 spiro atoms. The van der Waals surface area contributed by atoms with Gasteiger partial charge in [0.05, 0.1) is 5.41 Å². The highest BCUT2D eigenvalue weighted by atomic mass is 16.5. The average molecular weight is 467 g/mol. The molecule has 0 saturated carbocycles. The van der Waals surface area contributed by atoms with Crippen LogP contribution in [0.3, 0.4) is 0 Å². The second-order valence-corrected chi connectivity index (χ2v) is 9.16. The molecule has 2 aromatic carbocycles. The Labute approximate surface area is 200 Å². The van der Waals surface area contributed by atoms with Crippen molar-refractivity contribution in [2.75, 3.05) is 13.2 Å². The van der Waals surface area contributed by atoms with E-state index in [4.69, 9.17) is 4.74 Å². The first-order valence-electron chi connectivity index (χ1n) is 11.9. The zero-order valence-electron chi connectivity index (χ0n) is 20.1. The Hall–Kier alpha value is -3.35. The standard InChI is InChI=1S/C27H34N2O5/c1-4-10-18(15-24(30)28-17-27(3,5-2)25(31)32)29-26(33)34-16-23-21-13-8-6-11-19(21)20-12-7-9-14-22(20)23/h6-9,11-14,18,23H,4-5,10,15-17H2,1-3H3,(H,28,30)(H,29,33)(H,31,32)/t18-,27?/m0/s1. The van der Waals surface area contributed by atoms with Crippen molar-refractivity contribution >= 4 is 18.0 Å². The van der Waals surface area contributed by atoms with E-state index in [1.54, 1.807) is 13.8 Å². The monoisotopic (exact) mass is 466 g/mol. The molecule has 2 aromatic rings. The van der Waals surface area contributed by atoms with Gasteiger partial charge in [0.2, 0.25) is 5.91 Å². The highest BCUT2D eigenvalue weighted by molar-refractivity contribution is 5.80. The summed E-state index contributed by atoms with van der Waals surface area (Å²) in [7, 11) is 0. The van der Waals surface area contributed by atoms with Crippen LogP contribution in [0.25, 0.3) is 11.1 Å². The van der Waals surface area contributed by atoms with Crippen molar-refractivity contribution in [3.05, 3.63) is 59.7 Å². The lowest BCUT2D eigenvalue weighted by Gasteiger charge is -2.24. The van der Waals surface area contributed by atoms with Gasteiger partial charge in [0.25, 0.3) is 0 Å².